The van der Waals surface area contributed by atoms with Crippen molar-refractivity contribution in [1.82, 2.24) is 4.98 Å². The molecular formula is C9H5Cl2NO2. The lowest BCUT2D eigenvalue weighted by molar-refractivity contribution is 0.462. The van der Waals surface area contributed by atoms with E-state index < -0.39 is 5.63 Å². The van der Waals surface area contributed by atoms with Gasteiger partial charge in [-0.1, -0.05) is 11.6 Å². The molecule has 2 aromatic rings. The fraction of sp³-hybridized carbons (Fsp3) is 0.111. The third-order valence-electron chi connectivity index (χ3n) is 1.75. The first-order valence-corrected chi connectivity index (χ1v) is 4.77. The van der Waals surface area contributed by atoms with Gasteiger partial charge in [-0.2, -0.15) is 0 Å². The van der Waals surface area contributed by atoms with Gasteiger partial charge >= 0.3 is 5.63 Å². The van der Waals surface area contributed by atoms with E-state index in [-0.39, 0.29) is 11.8 Å². The highest BCUT2D eigenvalue weighted by atomic mass is 35.5. The normalized spacial score (nSPS) is 10.7. The van der Waals surface area contributed by atoms with Crippen molar-refractivity contribution in [1.29, 1.82) is 0 Å². The number of nitrogens with zero attached hydrogens (tertiary/aromatic N) is 1. The SMILES string of the molecule is O=c1oc(CCl)nc2ccc(Cl)cc12. The van der Waals surface area contributed by atoms with Crippen LogP contribution in [0.15, 0.2) is 27.4 Å². The number of alkyl halides is 1. The Morgan fingerprint density at radius 1 is 1.43 bits per heavy atom. The summed E-state index contributed by atoms with van der Waals surface area (Å²) >= 11 is 11.2. The van der Waals surface area contributed by atoms with Crippen LogP contribution in [0.1, 0.15) is 5.89 Å². The monoisotopic (exact) mass is 229 g/mol. The van der Waals surface area contributed by atoms with Crippen molar-refractivity contribution in [3.8, 4) is 0 Å². The average molecular weight is 230 g/mol. The van der Waals surface area contributed by atoms with Crippen molar-refractivity contribution < 1.29 is 4.42 Å². The summed E-state index contributed by atoms with van der Waals surface area (Å²) in [4.78, 5) is 15.4. The van der Waals surface area contributed by atoms with Gasteiger partial charge in [-0.15, -0.1) is 11.6 Å². The average Bonchev–Trinajstić information content (AvgIpc) is 2.19. The molecule has 2 rings (SSSR count). The standard InChI is InChI=1S/C9H5Cl2NO2/c10-4-8-12-7-2-1-5(11)3-6(7)9(13)14-8/h1-3H,4H2. The summed E-state index contributed by atoms with van der Waals surface area (Å²) in [6.07, 6.45) is 0. The Hall–Kier alpha value is -1.06. The van der Waals surface area contributed by atoms with Crippen LogP contribution < -0.4 is 5.63 Å². The van der Waals surface area contributed by atoms with Crippen molar-refractivity contribution in [3.63, 3.8) is 0 Å². The molecule has 0 aliphatic carbocycles. The summed E-state index contributed by atoms with van der Waals surface area (Å²) in [6.45, 7) is 0. The van der Waals surface area contributed by atoms with Crippen LogP contribution in [0.4, 0.5) is 0 Å². The van der Waals surface area contributed by atoms with Gasteiger partial charge in [0.25, 0.3) is 0 Å². The lowest BCUT2D eigenvalue weighted by Gasteiger charge is -1.97. The molecule has 0 aliphatic rings. The van der Waals surface area contributed by atoms with E-state index >= 15 is 0 Å². The predicted octanol–water partition coefficient (Wildman–Crippen LogP) is 2.58. The molecule has 14 heavy (non-hydrogen) atoms. The smallest absolute Gasteiger partial charge is 0.346 e. The second kappa shape index (κ2) is 3.59. The summed E-state index contributed by atoms with van der Waals surface area (Å²) in [5.74, 6) is 0.292. The summed E-state index contributed by atoms with van der Waals surface area (Å²) in [5, 5.41) is 0.844. The van der Waals surface area contributed by atoms with Crippen molar-refractivity contribution in [2.75, 3.05) is 0 Å². The van der Waals surface area contributed by atoms with Crippen LogP contribution in [-0.2, 0) is 5.88 Å². The van der Waals surface area contributed by atoms with Crippen LogP contribution in [0, 0.1) is 0 Å². The zero-order valence-electron chi connectivity index (χ0n) is 6.96. The quantitative estimate of drug-likeness (QED) is 0.707. The van der Waals surface area contributed by atoms with Crippen molar-refractivity contribution in [2.45, 2.75) is 5.88 Å². The zero-order chi connectivity index (χ0) is 10.1. The topological polar surface area (TPSA) is 43.1 Å². The molecule has 0 amide bonds. The highest BCUT2D eigenvalue weighted by Crippen LogP contribution is 2.15. The van der Waals surface area contributed by atoms with Gasteiger partial charge in [0, 0.05) is 5.02 Å². The fourth-order valence-corrected chi connectivity index (χ4v) is 1.43. The van der Waals surface area contributed by atoms with Crippen LogP contribution in [0.25, 0.3) is 10.9 Å². The molecular weight excluding hydrogens is 225 g/mol. The third kappa shape index (κ3) is 1.61. The second-order valence-electron chi connectivity index (χ2n) is 2.69. The molecule has 0 unspecified atom stereocenters. The van der Waals surface area contributed by atoms with E-state index in [1.165, 1.54) is 6.07 Å². The first-order chi connectivity index (χ1) is 6.70. The molecule has 1 heterocycles. The highest BCUT2D eigenvalue weighted by molar-refractivity contribution is 6.31. The van der Waals surface area contributed by atoms with Gasteiger partial charge in [-0.25, -0.2) is 9.78 Å². The minimum absolute atomic E-state index is 0.0772. The van der Waals surface area contributed by atoms with E-state index in [0.29, 0.717) is 15.9 Å². The molecule has 72 valence electrons. The number of hydrogen-bond acceptors (Lipinski definition) is 3. The van der Waals surface area contributed by atoms with Gasteiger partial charge in [0.2, 0.25) is 5.89 Å². The van der Waals surface area contributed by atoms with E-state index in [1.807, 2.05) is 0 Å². The first-order valence-electron chi connectivity index (χ1n) is 3.86. The maximum atomic E-state index is 11.4. The molecule has 0 bridgehead atoms. The second-order valence-corrected chi connectivity index (χ2v) is 3.39. The van der Waals surface area contributed by atoms with Crippen LogP contribution in [0.5, 0.6) is 0 Å². The van der Waals surface area contributed by atoms with Gasteiger partial charge in [-0.3, -0.25) is 0 Å². The Bertz CT molecular complexity index is 536. The van der Waals surface area contributed by atoms with Gasteiger partial charge < -0.3 is 4.42 Å². The van der Waals surface area contributed by atoms with Gasteiger partial charge in [-0.05, 0) is 18.2 Å². The summed E-state index contributed by atoms with van der Waals surface area (Å²) in [6, 6.07) is 4.84. The van der Waals surface area contributed by atoms with Gasteiger partial charge in [0.05, 0.1) is 16.8 Å². The molecule has 0 N–H and O–H groups in total. The number of halogens is 2. The van der Waals surface area contributed by atoms with Crippen molar-refractivity contribution in [3.05, 3.63) is 39.5 Å². The Morgan fingerprint density at radius 3 is 2.93 bits per heavy atom. The highest BCUT2D eigenvalue weighted by Gasteiger charge is 2.05. The largest absolute Gasteiger partial charge is 0.407 e. The Morgan fingerprint density at radius 2 is 2.21 bits per heavy atom. The number of fused-ring (bicyclic) bond motifs is 1. The molecule has 0 fully saturated rings. The molecule has 0 radical (unpaired) electrons. The maximum absolute atomic E-state index is 11.4. The van der Waals surface area contributed by atoms with Crippen molar-refractivity contribution in [2.24, 2.45) is 0 Å². The van der Waals surface area contributed by atoms with E-state index in [0.717, 1.165) is 0 Å². The van der Waals surface area contributed by atoms with Crippen molar-refractivity contribution >= 4 is 34.1 Å². The summed E-state index contributed by atoms with van der Waals surface area (Å²) in [7, 11) is 0. The van der Waals surface area contributed by atoms with Crippen LogP contribution in [-0.4, -0.2) is 4.98 Å². The van der Waals surface area contributed by atoms with E-state index in [4.69, 9.17) is 27.6 Å². The molecule has 0 aliphatic heterocycles. The van der Waals surface area contributed by atoms with Crippen LogP contribution >= 0.6 is 23.2 Å². The Labute approximate surface area is 89.3 Å². The Kier molecular flexibility index (Phi) is 2.44. The summed E-state index contributed by atoms with van der Waals surface area (Å²) in [5.41, 5.74) is 0.0782. The molecule has 0 saturated heterocycles. The minimum Gasteiger partial charge on any atom is -0.407 e. The van der Waals surface area contributed by atoms with Crippen LogP contribution in [0.3, 0.4) is 0 Å². The predicted molar refractivity (Wildman–Crippen MR) is 54.8 cm³/mol. The third-order valence-corrected chi connectivity index (χ3v) is 2.21. The number of aromatic nitrogens is 1. The van der Waals surface area contributed by atoms with E-state index in [2.05, 4.69) is 4.98 Å². The maximum Gasteiger partial charge on any atom is 0.346 e. The van der Waals surface area contributed by atoms with E-state index in [9.17, 15) is 4.79 Å². The molecule has 3 nitrogen and oxygen atoms in total. The lowest BCUT2D eigenvalue weighted by atomic mass is 10.2. The van der Waals surface area contributed by atoms with E-state index in [1.54, 1.807) is 12.1 Å². The number of rotatable bonds is 1. The number of hydrogen-bond donors (Lipinski definition) is 0. The van der Waals surface area contributed by atoms with Gasteiger partial charge in [0.15, 0.2) is 0 Å². The van der Waals surface area contributed by atoms with Gasteiger partial charge in [0.1, 0.15) is 0 Å². The zero-order valence-corrected chi connectivity index (χ0v) is 8.47. The number of benzene rings is 1. The lowest BCUT2D eigenvalue weighted by Crippen LogP contribution is -2.03. The molecule has 1 aromatic carbocycles. The molecule has 5 heteroatoms. The summed E-state index contributed by atoms with van der Waals surface area (Å²) < 4.78 is 4.84. The van der Waals surface area contributed by atoms with Crippen LogP contribution in [0.2, 0.25) is 5.02 Å². The molecule has 1 aromatic heterocycles. The first kappa shape index (κ1) is 9.49. The molecule has 0 saturated carbocycles. The fourth-order valence-electron chi connectivity index (χ4n) is 1.15. The molecule has 0 spiro atoms. The minimum atomic E-state index is -0.465. The molecule has 0 atom stereocenters. The Balaban J connectivity index is 2.83.